The van der Waals surface area contributed by atoms with Crippen molar-refractivity contribution in [1.82, 2.24) is 4.57 Å². The highest BCUT2D eigenvalue weighted by molar-refractivity contribution is 14.1. The van der Waals surface area contributed by atoms with E-state index >= 15 is 0 Å². The third-order valence-electron chi connectivity index (χ3n) is 3.09. The van der Waals surface area contributed by atoms with Gasteiger partial charge in [-0.25, -0.2) is 4.79 Å². The highest BCUT2D eigenvalue weighted by Crippen LogP contribution is 2.35. The number of aryl methyl sites for hydroxylation is 1. The molecule has 0 saturated carbocycles. The van der Waals surface area contributed by atoms with Crippen LogP contribution < -0.4 is 0 Å². The lowest BCUT2D eigenvalue weighted by molar-refractivity contribution is -0.137. The van der Waals surface area contributed by atoms with Crippen LogP contribution in [0.25, 0.3) is 11.3 Å². The zero-order valence-corrected chi connectivity index (χ0v) is 13.1. The summed E-state index contributed by atoms with van der Waals surface area (Å²) < 4.78 is 40.2. The van der Waals surface area contributed by atoms with E-state index in [1.165, 1.54) is 12.3 Å². The van der Waals surface area contributed by atoms with E-state index in [1.807, 2.05) is 29.5 Å². The van der Waals surface area contributed by atoms with Crippen LogP contribution in [-0.4, -0.2) is 15.8 Å². The van der Waals surface area contributed by atoms with Crippen LogP contribution in [0.15, 0.2) is 30.5 Å². The Bertz CT molecular complexity index is 692. The highest BCUT2D eigenvalue weighted by atomic mass is 127. The number of alkyl halides is 3. The number of carbonyl (C=O) groups is 1. The van der Waals surface area contributed by atoms with E-state index in [-0.39, 0.29) is 11.3 Å². The fourth-order valence-corrected chi connectivity index (χ4v) is 2.67. The summed E-state index contributed by atoms with van der Waals surface area (Å²) >= 11 is 1.93. The van der Waals surface area contributed by atoms with Crippen LogP contribution in [0.1, 0.15) is 18.1 Å². The summed E-state index contributed by atoms with van der Waals surface area (Å²) in [6, 6.07) is 4.97. The molecule has 0 fully saturated rings. The van der Waals surface area contributed by atoms with Gasteiger partial charge in [0.2, 0.25) is 0 Å². The molecule has 0 aliphatic heterocycles. The molecule has 1 aromatic heterocycles. The molecule has 21 heavy (non-hydrogen) atoms. The quantitative estimate of drug-likeness (QED) is 0.720. The Labute approximate surface area is 132 Å². The maximum Gasteiger partial charge on any atom is 0.416 e. The topological polar surface area (TPSA) is 42.2 Å². The van der Waals surface area contributed by atoms with Gasteiger partial charge in [-0.1, -0.05) is 13.0 Å². The number of rotatable bonds is 2. The lowest BCUT2D eigenvalue weighted by atomic mass is 9.99. The molecule has 0 aliphatic rings. The fourth-order valence-electron chi connectivity index (χ4n) is 2.10. The molecule has 7 heteroatoms. The van der Waals surface area contributed by atoms with Gasteiger partial charge in [-0.3, -0.25) is 4.57 Å². The maximum absolute atomic E-state index is 12.9. The summed E-state index contributed by atoms with van der Waals surface area (Å²) in [5.74, 6) is 0. The molecule has 0 saturated heterocycles. The molecule has 1 aromatic carbocycles. The number of halogens is 4. The van der Waals surface area contributed by atoms with Gasteiger partial charge in [-0.05, 0) is 52.8 Å². The normalized spacial score (nSPS) is 11.7. The van der Waals surface area contributed by atoms with Crippen LogP contribution >= 0.6 is 22.6 Å². The zero-order valence-electron chi connectivity index (χ0n) is 10.9. The van der Waals surface area contributed by atoms with Crippen molar-refractivity contribution in [1.29, 1.82) is 0 Å². The number of carboxylic acid groups (broad SMARTS) is 1. The van der Waals surface area contributed by atoms with Crippen LogP contribution in [0.2, 0.25) is 0 Å². The second-order valence-corrected chi connectivity index (χ2v) is 5.67. The summed E-state index contributed by atoms with van der Waals surface area (Å²) in [6.45, 7) is 1.81. The molecule has 2 rings (SSSR count). The van der Waals surface area contributed by atoms with E-state index in [0.29, 0.717) is 15.6 Å². The van der Waals surface area contributed by atoms with Gasteiger partial charge in [0, 0.05) is 15.3 Å². The van der Waals surface area contributed by atoms with Gasteiger partial charge in [0.1, 0.15) is 0 Å². The fraction of sp³-hybridized carbons (Fsp3) is 0.214. The smallest absolute Gasteiger partial charge is 0.416 e. The second kappa shape index (κ2) is 5.70. The van der Waals surface area contributed by atoms with Crippen LogP contribution in [0.4, 0.5) is 18.0 Å². The molecule has 1 heterocycles. The SMILES string of the molecule is CCc1ccc(C(F)(F)F)cc1-c1cc(I)cn1C(=O)O. The number of hydrogen-bond acceptors (Lipinski definition) is 1. The van der Waals surface area contributed by atoms with Gasteiger partial charge < -0.3 is 5.11 Å². The van der Waals surface area contributed by atoms with Crippen molar-refractivity contribution in [2.75, 3.05) is 0 Å². The molecule has 0 aliphatic carbocycles. The summed E-state index contributed by atoms with van der Waals surface area (Å²) in [6.07, 6.45) is -3.81. The summed E-state index contributed by atoms with van der Waals surface area (Å²) in [5, 5.41) is 9.17. The van der Waals surface area contributed by atoms with Gasteiger partial charge in [-0.15, -0.1) is 0 Å². The van der Waals surface area contributed by atoms with E-state index in [1.54, 1.807) is 6.07 Å². The summed E-state index contributed by atoms with van der Waals surface area (Å²) in [5.41, 5.74) is 0.412. The molecule has 0 spiro atoms. The van der Waals surface area contributed by atoms with E-state index < -0.39 is 17.8 Å². The Morgan fingerprint density at radius 2 is 2.00 bits per heavy atom. The molecule has 0 bridgehead atoms. The molecule has 1 N–H and O–H groups in total. The first-order valence-electron chi connectivity index (χ1n) is 6.05. The molecular formula is C14H11F3INO2. The standard InChI is InChI=1S/C14H11F3INO2/c1-2-8-3-4-9(14(15,16)17)5-11(8)12-6-10(18)7-19(12)13(20)21/h3-7H,2H2,1H3,(H,20,21). The molecular weight excluding hydrogens is 398 g/mol. The Balaban J connectivity index is 2.70. The Hall–Kier alpha value is -1.51. The minimum atomic E-state index is -4.46. The molecule has 0 unspecified atom stereocenters. The van der Waals surface area contributed by atoms with Gasteiger partial charge >= 0.3 is 12.3 Å². The minimum absolute atomic E-state index is 0.245. The Kier molecular flexibility index (Phi) is 4.31. The lowest BCUT2D eigenvalue weighted by Gasteiger charge is -2.13. The van der Waals surface area contributed by atoms with Crippen molar-refractivity contribution < 1.29 is 23.1 Å². The van der Waals surface area contributed by atoms with Crippen LogP contribution in [-0.2, 0) is 12.6 Å². The molecule has 112 valence electrons. The first-order valence-corrected chi connectivity index (χ1v) is 7.13. The van der Waals surface area contributed by atoms with Gasteiger partial charge in [-0.2, -0.15) is 13.2 Å². The van der Waals surface area contributed by atoms with Gasteiger partial charge in [0.15, 0.2) is 0 Å². The number of nitrogens with zero attached hydrogens (tertiary/aromatic N) is 1. The molecule has 3 nitrogen and oxygen atoms in total. The number of benzene rings is 1. The van der Waals surface area contributed by atoms with Crippen LogP contribution in [0.5, 0.6) is 0 Å². The largest absolute Gasteiger partial charge is 0.464 e. The monoisotopic (exact) mass is 409 g/mol. The van der Waals surface area contributed by atoms with E-state index in [9.17, 15) is 23.1 Å². The van der Waals surface area contributed by atoms with Crippen molar-refractivity contribution in [2.24, 2.45) is 0 Å². The van der Waals surface area contributed by atoms with E-state index in [4.69, 9.17) is 0 Å². The number of hydrogen-bond donors (Lipinski definition) is 1. The average molecular weight is 409 g/mol. The van der Waals surface area contributed by atoms with Crippen LogP contribution in [0, 0.1) is 3.57 Å². The zero-order chi connectivity index (χ0) is 15.8. The van der Waals surface area contributed by atoms with Gasteiger partial charge in [0.05, 0.1) is 11.3 Å². The molecule has 2 aromatic rings. The Morgan fingerprint density at radius 1 is 1.33 bits per heavy atom. The van der Waals surface area contributed by atoms with Gasteiger partial charge in [0.25, 0.3) is 0 Å². The Morgan fingerprint density at radius 3 is 2.52 bits per heavy atom. The first-order chi connectivity index (χ1) is 9.74. The predicted molar refractivity (Wildman–Crippen MR) is 80.4 cm³/mol. The van der Waals surface area contributed by atoms with Crippen LogP contribution in [0.3, 0.4) is 0 Å². The average Bonchev–Trinajstić information content (AvgIpc) is 2.79. The predicted octanol–water partition coefficient (Wildman–Crippen LogP) is 4.87. The molecule has 0 atom stereocenters. The highest BCUT2D eigenvalue weighted by Gasteiger charge is 2.31. The van der Waals surface area contributed by atoms with E-state index in [2.05, 4.69) is 0 Å². The van der Waals surface area contributed by atoms with Crippen molar-refractivity contribution in [2.45, 2.75) is 19.5 Å². The third kappa shape index (κ3) is 3.22. The summed E-state index contributed by atoms with van der Waals surface area (Å²) in [4.78, 5) is 11.2. The number of aromatic nitrogens is 1. The first kappa shape index (κ1) is 15.9. The maximum atomic E-state index is 12.9. The van der Waals surface area contributed by atoms with Crippen molar-refractivity contribution in [3.63, 3.8) is 0 Å². The van der Waals surface area contributed by atoms with E-state index in [0.717, 1.165) is 16.7 Å². The second-order valence-electron chi connectivity index (χ2n) is 4.42. The third-order valence-corrected chi connectivity index (χ3v) is 3.68. The van der Waals surface area contributed by atoms with Crippen molar-refractivity contribution in [3.05, 3.63) is 45.2 Å². The van der Waals surface area contributed by atoms with Crippen molar-refractivity contribution >= 4 is 28.7 Å². The molecule has 0 amide bonds. The molecule has 0 radical (unpaired) electrons. The lowest BCUT2D eigenvalue weighted by Crippen LogP contribution is -2.10. The minimum Gasteiger partial charge on any atom is -0.464 e. The van der Waals surface area contributed by atoms with Crippen molar-refractivity contribution in [3.8, 4) is 11.3 Å². The summed E-state index contributed by atoms with van der Waals surface area (Å²) in [7, 11) is 0.